The predicted molar refractivity (Wildman–Crippen MR) is 95.6 cm³/mol. The summed E-state index contributed by atoms with van der Waals surface area (Å²) in [5.74, 6) is -1.28. The Morgan fingerprint density at radius 2 is 2.00 bits per heavy atom. The Kier molecular flexibility index (Phi) is 5.34. The van der Waals surface area contributed by atoms with E-state index in [4.69, 9.17) is 0 Å². The molecule has 0 radical (unpaired) electrons. The van der Waals surface area contributed by atoms with Crippen LogP contribution >= 0.6 is 0 Å². The van der Waals surface area contributed by atoms with E-state index in [1.807, 2.05) is 0 Å². The number of piperidine rings is 1. The summed E-state index contributed by atoms with van der Waals surface area (Å²) in [6, 6.07) is 4.36. The van der Waals surface area contributed by atoms with Crippen LogP contribution in [0.4, 0.5) is 5.69 Å². The molecule has 1 aromatic rings. The molecule has 1 fully saturated rings. The van der Waals surface area contributed by atoms with Crippen molar-refractivity contribution in [3.05, 3.63) is 29.3 Å². The molecule has 0 aliphatic carbocycles. The van der Waals surface area contributed by atoms with Gasteiger partial charge in [-0.15, -0.1) is 0 Å². The van der Waals surface area contributed by atoms with Crippen LogP contribution < -0.4 is 10.6 Å². The number of hydrogen-bond acceptors (Lipinski definition) is 5. The fourth-order valence-corrected chi connectivity index (χ4v) is 3.41. The van der Waals surface area contributed by atoms with E-state index < -0.39 is 11.9 Å². The molecule has 0 aromatic heterocycles. The van der Waals surface area contributed by atoms with E-state index in [9.17, 15) is 24.0 Å². The second-order valence-electron chi connectivity index (χ2n) is 6.84. The van der Waals surface area contributed by atoms with Crippen molar-refractivity contribution in [2.45, 2.75) is 51.6 Å². The minimum Gasteiger partial charge on any atom is -0.326 e. The Balaban J connectivity index is 1.72. The summed E-state index contributed by atoms with van der Waals surface area (Å²) in [6.45, 7) is 1.68. The molecule has 1 atom stereocenters. The van der Waals surface area contributed by atoms with Crippen LogP contribution in [-0.2, 0) is 25.7 Å². The molecule has 3 rings (SSSR count). The van der Waals surface area contributed by atoms with Gasteiger partial charge in [0.1, 0.15) is 11.8 Å². The maximum Gasteiger partial charge on any atom is 0.255 e. The van der Waals surface area contributed by atoms with Crippen LogP contribution in [0.5, 0.6) is 0 Å². The van der Waals surface area contributed by atoms with Crippen LogP contribution in [0.3, 0.4) is 0 Å². The highest BCUT2D eigenvalue weighted by atomic mass is 16.2. The number of amides is 4. The summed E-state index contributed by atoms with van der Waals surface area (Å²) in [4.78, 5) is 60.7. The number of nitrogens with zero attached hydrogens (tertiary/aromatic N) is 1. The number of hydrogen-bond donors (Lipinski definition) is 2. The third kappa shape index (κ3) is 4.05. The average Bonchev–Trinajstić information content (AvgIpc) is 2.93. The van der Waals surface area contributed by atoms with Gasteiger partial charge >= 0.3 is 0 Å². The fraction of sp³-hybridized carbons (Fsp3) is 0.421. The van der Waals surface area contributed by atoms with Gasteiger partial charge in [-0.05, 0) is 31.9 Å². The second kappa shape index (κ2) is 7.69. The van der Waals surface area contributed by atoms with Gasteiger partial charge in [0.15, 0.2) is 0 Å². The van der Waals surface area contributed by atoms with Gasteiger partial charge in [-0.25, -0.2) is 0 Å². The Bertz CT molecular complexity index is 833. The highest BCUT2D eigenvalue weighted by Crippen LogP contribution is 2.32. The van der Waals surface area contributed by atoms with Crippen molar-refractivity contribution in [1.82, 2.24) is 10.2 Å². The van der Waals surface area contributed by atoms with Crippen LogP contribution in [0, 0.1) is 0 Å². The normalized spacial score (nSPS) is 18.9. The summed E-state index contributed by atoms with van der Waals surface area (Å²) in [6.07, 6.45) is 1.51. The molecule has 1 aromatic carbocycles. The topological polar surface area (TPSA) is 113 Å². The van der Waals surface area contributed by atoms with Crippen LogP contribution in [0.1, 0.15) is 54.9 Å². The molecule has 1 saturated heterocycles. The number of anilines is 1. The number of imide groups is 1. The van der Waals surface area contributed by atoms with Crippen molar-refractivity contribution in [2.75, 3.05) is 5.32 Å². The first-order valence-corrected chi connectivity index (χ1v) is 8.92. The van der Waals surface area contributed by atoms with Gasteiger partial charge in [0.05, 0.1) is 0 Å². The van der Waals surface area contributed by atoms with E-state index in [0.717, 1.165) is 0 Å². The number of benzene rings is 1. The number of ketones is 1. The molecule has 4 amide bonds. The van der Waals surface area contributed by atoms with Crippen LogP contribution in [0.2, 0.25) is 0 Å². The van der Waals surface area contributed by atoms with Crippen LogP contribution in [0.25, 0.3) is 0 Å². The molecule has 0 spiro atoms. The summed E-state index contributed by atoms with van der Waals surface area (Å²) >= 11 is 0. The van der Waals surface area contributed by atoms with Crippen LogP contribution in [-0.4, -0.2) is 40.4 Å². The molecule has 2 N–H and O–H groups in total. The van der Waals surface area contributed by atoms with E-state index >= 15 is 0 Å². The minimum atomic E-state index is -0.693. The average molecular weight is 371 g/mol. The largest absolute Gasteiger partial charge is 0.326 e. The first-order chi connectivity index (χ1) is 12.9. The number of nitrogens with one attached hydrogen (secondary N) is 2. The van der Waals surface area contributed by atoms with Gasteiger partial charge in [0.2, 0.25) is 17.7 Å². The molecular formula is C19H21N3O5. The van der Waals surface area contributed by atoms with Crippen molar-refractivity contribution in [1.29, 1.82) is 0 Å². The lowest BCUT2D eigenvalue weighted by molar-refractivity contribution is -0.137. The highest BCUT2D eigenvalue weighted by Gasteiger charge is 2.39. The van der Waals surface area contributed by atoms with Crippen molar-refractivity contribution < 1.29 is 24.0 Å². The van der Waals surface area contributed by atoms with Gasteiger partial charge in [-0.3, -0.25) is 24.5 Å². The molecule has 27 heavy (non-hydrogen) atoms. The number of carbonyl (C=O) groups excluding carboxylic acids is 5. The Morgan fingerprint density at radius 3 is 2.70 bits per heavy atom. The lowest BCUT2D eigenvalue weighted by Gasteiger charge is -2.29. The van der Waals surface area contributed by atoms with Gasteiger partial charge < -0.3 is 15.0 Å². The van der Waals surface area contributed by atoms with Crippen molar-refractivity contribution >= 4 is 35.1 Å². The predicted octanol–water partition coefficient (Wildman–Crippen LogP) is 1.15. The van der Waals surface area contributed by atoms with Gasteiger partial charge in [-0.2, -0.15) is 0 Å². The van der Waals surface area contributed by atoms with E-state index in [-0.39, 0.29) is 49.3 Å². The number of fused-ring (bicyclic) bond motifs is 1. The molecule has 2 aliphatic rings. The smallest absolute Gasteiger partial charge is 0.255 e. The summed E-state index contributed by atoms with van der Waals surface area (Å²) in [7, 11) is 0. The molecule has 2 aliphatic heterocycles. The number of Topliss-reactive ketones (excluding diaryl/α,β-unsaturated/α-hetero) is 1. The molecule has 0 saturated carbocycles. The fourth-order valence-electron chi connectivity index (χ4n) is 3.41. The quantitative estimate of drug-likeness (QED) is 0.728. The first kappa shape index (κ1) is 18.8. The van der Waals surface area contributed by atoms with E-state index in [0.29, 0.717) is 29.7 Å². The Labute approximate surface area is 156 Å². The van der Waals surface area contributed by atoms with E-state index in [1.54, 1.807) is 18.2 Å². The highest BCUT2D eigenvalue weighted by molar-refractivity contribution is 6.06. The third-order valence-corrected chi connectivity index (χ3v) is 4.79. The molecule has 2 heterocycles. The molecule has 1 unspecified atom stereocenters. The zero-order valence-electron chi connectivity index (χ0n) is 15.0. The van der Waals surface area contributed by atoms with Crippen molar-refractivity contribution in [3.8, 4) is 0 Å². The lowest BCUT2D eigenvalue weighted by Crippen LogP contribution is -2.52. The van der Waals surface area contributed by atoms with Crippen LogP contribution in [0.15, 0.2) is 18.2 Å². The van der Waals surface area contributed by atoms with Crippen molar-refractivity contribution in [2.24, 2.45) is 0 Å². The van der Waals surface area contributed by atoms with Gasteiger partial charge in [0, 0.05) is 42.6 Å². The van der Waals surface area contributed by atoms with Gasteiger partial charge in [-0.1, -0.05) is 6.07 Å². The first-order valence-electron chi connectivity index (χ1n) is 8.92. The summed E-state index contributed by atoms with van der Waals surface area (Å²) in [5, 5.41) is 5.06. The Morgan fingerprint density at radius 1 is 1.22 bits per heavy atom. The van der Waals surface area contributed by atoms with E-state index in [2.05, 4.69) is 10.6 Å². The summed E-state index contributed by atoms with van der Waals surface area (Å²) in [5.41, 5.74) is 1.64. The van der Waals surface area contributed by atoms with Gasteiger partial charge in [0.25, 0.3) is 5.91 Å². The zero-order chi connectivity index (χ0) is 19.6. The molecule has 142 valence electrons. The molecular weight excluding hydrogens is 350 g/mol. The second-order valence-corrected chi connectivity index (χ2v) is 6.84. The van der Waals surface area contributed by atoms with E-state index in [1.165, 1.54) is 11.8 Å². The Hall–Kier alpha value is -3.03. The zero-order valence-corrected chi connectivity index (χ0v) is 15.0. The molecule has 8 nitrogen and oxygen atoms in total. The minimum absolute atomic E-state index is 0.0360. The maximum absolute atomic E-state index is 12.7. The lowest BCUT2D eigenvalue weighted by atomic mass is 10.0. The SMILES string of the molecule is CC(=O)CCCC(=O)Nc1cccc2c1CN(C1CCC(=O)NC1=O)C2=O. The molecule has 8 heteroatoms. The number of carbonyl (C=O) groups is 5. The monoisotopic (exact) mass is 371 g/mol. The van der Waals surface area contributed by atoms with Crippen molar-refractivity contribution in [3.63, 3.8) is 0 Å². The third-order valence-electron chi connectivity index (χ3n) is 4.79. The maximum atomic E-state index is 12.7. The molecule has 0 bridgehead atoms. The number of rotatable bonds is 6. The summed E-state index contributed by atoms with van der Waals surface area (Å²) < 4.78 is 0. The standard InChI is InChI=1S/C19H21N3O5/c1-11(23)4-2-7-16(24)20-14-6-3-5-12-13(14)10-22(19(12)27)15-8-9-17(25)21-18(15)26/h3,5-6,15H,2,4,7-10H2,1H3,(H,20,24)(H,21,25,26).